The smallest absolute Gasteiger partial charge is 0.263 e. The molecule has 4 heteroatoms. The predicted molar refractivity (Wildman–Crippen MR) is 72.9 cm³/mol. The van der Waals surface area contributed by atoms with Crippen molar-refractivity contribution in [3.63, 3.8) is 0 Å². The van der Waals surface area contributed by atoms with E-state index in [9.17, 15) is 5.11 Å². The van der Waals surface area contributed by atoms with Gasteiger partial charge in [0.05, 0.1) is 5.27 Å². The van der Waals surface area contributed by atoms with Gasteiger partial charge in [-0.2, -0.15) is 0 Å². The summed E-state index contributed by atoms with van der Waals surface area (Å²) in [5.74, 6) is -0.457. The Hall–Kier alpha value is -2.88. The second kappa shape index (κ2) is 5.40. The topological polar surface area (TPSA) is 53.0 Å². The van der Waals surface area contributed by atoms with Crippen LogP contribution in [0.5, 0.6) is 5.95 Å². The number of benzene rings is 2. The highest BCUT2D eigenvalue weighted by molar-refractivity contribution is 5.68. The summed E-state index contributed by atoms with van der Waals surface area (Å²) in [6.45, 7) is 0. The van der Waals surface area contributed by atoms with Gasteiger partial charge >= 0.3 is 0 Å². The van der Waals surface area contributed by atoms with Crippen LogP contribution in [0, 0.1) is 0 Å². The SMILES string of the molecule is [O-]c1on[n+](-c2ccccc2)c1/C=C/c1ccccc1. The minimum absolute atomic E-state index is 0.389. The van der Waals surface area contributed by atoms with Gasteiger partial charge in [-0.3, -0.25) is 0 Å². The first-order chi connectivity index (χ1) is 9.84. The van der Waals surface area contributed by atoms with Gasteiger partial charge < -0.3 is 9.63 Å². The van der Waals surface area contributed by atoms with Crippen LogP contribution in [0.3, 0.4) is 0 Å². The zero-order chi connectivity index (χ0) is 13.8. The standard InChI is InChI=1S/C16H12N2O2/c19-16-15(12-11-13-7-3-1-4-8-13)18(17-20-16)14-9-5-2-6-10-14/h1-12H/b12-11+. The monoisotopic (exact) mass is 264 g/mol. The summed E-state index contributed by atoms with van der Waals surface area (Å²) in [5.41, 5.74) is 2.18. The molecule has 1 heterocycles. The van der Waals surface area contributed by atoms with Crippen molar-refractivity contribution in [3.05, 3.63) is 71.9 Å². The van der Waals surface area contributed by atoms with E-state index in [2.05, 4.69) is 5.27 Å². The molecule has 0 aliphatic heterocycles. The van der Waals surface area contributed by atoms with Crippen LogP contribution in [0.15, 0.2) is 65.2 Å². The molecule has 0 amide bonds. The van der Waals surface area contributed by atoms with Gasteiger partial charge in [0, 0.05) is 18.2 Å². The molecule has 20 heavy (non-hydrogen) atoms. The molecule has 0 bridgehead atoms. The molecule has 2 aromatic carbocycles. The summed E-state index contributed by atoms with van der Waals surface area (Å²) in [6, 6.07) is 19.1. The van der Waals surface area contributed by atoms with Crippen LogP contribution in [-0.2, 0) is 0 Å². The summed E-state index contributed by atoms with van der Waals surface area (Å²) in [7, 11) is 0. The Bertz CT molecular complexity index is 719. The van der Waals surface area contributed by atoms with Gasteiger partial charge in [-0.15, -0.1) is 0 Å². The second-order valence-corrected chi connectivity index (χ2v) is 4.24. The molecule has 0 atom stereocenters. The first-order valence-electron chi connectivity index (χ1n) is 6.22. The molecule has 0 spiro atoms. The molecule has 4 nitrogen and oxygen atoms in total. The van der Waals surface area contributed by atoms with Crippen molar-refractivity contribution >= 4 is 12.2 Å². The summed E-state index contributed by atoms with van der Waals surface area (Å²) in [6.07, 6.45) is 3.56. The number of rotatable bonds is 3. The zero-order valence-corrected chi connectivity index (χ0v) is 10.6. The fraction of sp³-hybridized carbons (Fsp3) is 0. The van der Waals surface area contributed by atoms with Crippen molar-refractivity contribution in [2.45, 2.75) is 0 Å². The van der Waals surface area contributed by atoms with Gasteiger partial charge in [0.15, 0.2) is 5.95 Å². The fourth-order valence-corrected chi connectivity index (χ4v) is 1.89. The third-order valence-corrected chi connectivity index (χ3v) is 2.88. The highest BCUT2D eigenvalue weighted by atomic mass is 16.6. The van der Waals surface area contributed by atoms with Crippen LogP contribution in [0.2, 0.25) is 0 Å². The van der Waals surface area contributed by atoms with E-state index in [1.165, 1.54) is 4.68 Å². The molecule has 3 aromatic rings. The van der Waals surface area contributed by atoms with E-state index in [4.69, 9.17) is 4.52 Å². The van der Waals surface area contributed by atoms with Crippen molar-refractivity contribution < 1.29 is 14.3 Å². The summed E-state index contributed by atoms with van der Waals surface area (Å²) in [4.78, 5) is 0. The van der Waals surface area contributed by atoms with Crippen LogP contribution in [0.4, 0.5) is 0 Å². The van der Waals surface area contributed by atoms with E-state index in [-0.39, 0.29) is 0 Å². The lowest BCUT2D eigenvalue weighted by molar-refractivity contribution is -0.672. The number of nitrogens with zero attached hydrogens (tertiary/aromatic N) is 2. The molecule has 1 aromatic heterocycles. The summed E-state index contributed by atoms with van der Waals surface area (Å²) >= 11 is 0. The second-order valence-electron chi connectivity index (χ2n) is 4.24. The maximum absolute atomic E-state index is 11.7. The van der Waals surface area contributed by atoms with Crippen LogP contribution in [-0.4, -0.2) is 5.27 Å². The van der Waals surface area contributed by atoms with Crippen molar-refractivity contribution in [2.75, 3.05) is 0 Å². The minimum Gasteiger partial charge on any atom is -0.539 e. The molecule has 0 radical (unpaired) electrons. The summed E-state index contributed by atoms with van der Waals surface area (Å²) in [5, 5.41) is 15.5. The highest BCUT2D eigenvalue weighted by Gasteiger charge is 2.16. The van der Waals surface area contributed by atoms with Gasteiger partial charge in [0.1, 0.15) is 0 Å². The molecule has 0 saturated heterocycles. The largest absolute Gasteiger partial charge is 0.539 e. The van der Waals surface area contributed by atoms with Crippen molar-refractivity contribution in [1.82, 2.24) is 5.27 Å². The Balaban J connectivity index is 1.98. The molecule has 0 N–H and O–H groups in total. The lowest BCUT2D eigenvalue weighted by Gasteiger charge is -1.93. The fourth-order valence-electron chi connectivity index (χ4n) is 1.89. The molecule has 0 fully saturated rings. The first kappa shape index (κ1) is 12.2. The van der Waals surface area contributed by atoms with Crippen LogP contribution in [0.1, 0.15) is 11.3 Å². The third kappa shape index (κ3) is 2.44. The molecule has 3 rings (SSSR count). The van der Waals surface area contributed by atoms with Gasteiger partial charge in [0.2, 0.25) is 5.69 Å². The first-order valence-corrected chi connectivity index (χ1v) is 6.22. The Morgan fingerprint density at radius 1 is 0.900 bits per heavy atom. The molecule has 98 valence electrons. The quantitative estimate of drug-likeness (QED) is 0.681. The average molecular weight is 264 g/mol. The Kier molecular flexibility index (Phi) is 3.29. The van der Waals surface area contributed by atoms with E-state index in [0.29, 0.717) is 5.69 Å². The number of hydrogen-bond acceptors (Lipinski definition) is 3. The molecule has 0 aliphatic rings. The van der Waals surface area contributed by atoms with E-state index in [1.807, 2.05) is 66.7 Å². The van der Waals surface area contributed by atoms with Crippen LogP contribution in [0.25, 0.3) is 17.8 Å². The Morgan fingerprint density at radius 2 is 1.55 bits per heavy atom. The molecule has 0 aliphatic carbocycles. The number of aromatic nitrogens is 2. The highest BCUT2D eigenvalue weighted by Crippen LogP contribution is 2.14. The minimum atomic E-state index is -0.457. The lowest BCUT2D eigenvalue weighted by atomic mass is 10.2. The van der Waals surface area contributed by atoms with Gasteiger partial charge in [-0.25, -0.2) is 0 Å². The Morgan fingerprint density at radius 3 is 2.25 bits per heavy atom. The number of hydrogen-bond donors (Lipinski definition) is 0. The van der Waals surface area contributed by atoms with Gasteiger partial charge in [-0.05, 0) is 16.3 Å². The van der Waals surface area contributed by atoms with E-state index in [0.717, 1.165) is 11.3 Å². The maximum atomic E-state index is 11.7. The van der Waals surface area contributed by atoms with E-state index < -0.39 is 5.95 Å². The van der Waals surface area contributed by atoms with Crippen molar-refractivity contribution in [1.29, 1.82) is 0 Å². The number of para-hydroxylation sites is 1. The normalized spacial score (nSPS) is 11.0. The van der Waals surface area contributed by atoms with Crippen LogP contribution >= 0.6 is 0 Å². The predicted octanol–water partition coefficient (Wildman–Crippen LogP) is 2.20. The maximum Gasteiger partial charge on any atom is 0.263 e. The molecule has 0 unspecified atom stereocenters. The van der Waals surface area contributed by atoms with Crippen LogP contribution < -0.4 is 9.79 Å². The van der Waals surface area contributed by atoms with Gasteiger partial charge in [0.25, 0.3) is 5.69 Å². The van der Waals surface area contributed by atoms with Crippen molar-refractivity contribution in [3.8, 4) is 11.6 Å². The summed E-state index contributed by atoms with van der Waals surface area (Å²) < 4.78 is 6.23. The van der Waals surface area contributed by atoms with Crippen molar-refractivity contribution in [2.24, 2.45) is 0 Å². The molecule has 0 saturated carbocycles. The van der Waals surface area contributed by atoms with E-state index in [1.54, 1.807) is 6.08 Å². The molecular formula is C16H12N2O2. The lowest BCUT2D eigenvalue weighted by Crippen LogP contribution is -2.35. The third-order valence-electron chi connectivity index (χ3n) is 2.88. The Labute approximate surface area is 116 Å². The average Bonchev–Trinajstić information content (AvgIpc) is 2.88. The van der Waals surface area contributed by atoms with Gasteiger partial charge in [-0.1, -0.05) is 48.5 Å². The van der Waals surface area contributed by atoms with E-state index >= 15 is 0 Å². The zero-order valence-electron chi connectivity index (χ0n) is 10.6. The molecular weight excluding hydrogens is 252 g/mol.